The van der Waals surface area contributed by atoms with Gasteiger partial charge in [0.25, 0.3) is 0 Å². The summed E-state index contributed by atoms with van der Waals surface area (Å²) in [6.07, 6.45) is 0.394. The molecule has 0 aliphatic rings. The monoisotopic (exact) mass is 297 g/mol. The highest BCUT2D eigenvalue weighted by Crippen LogP contribution is 2.25. The Hall–Kier alpha value is -1.65. The van der Waals surface area contributed by atoms with Gasteiger partial charge in [-0.15, -0.1) is 0 Å². The Bertz CT molecular complexity index is 619. The first-order valence-corrected chi connectivity index (χ1v) is 6.42. The fourth-order valence-electron chi connectivity index (χ4n) is 1.96. The summed E-state index contributed by atoms with van der Waals surface area (Å²) in [5, 5.41) is 0.314. The second kappa shape index (κ2) is 6.20. The zero-order chi connectivity index (χ0) is 14.7. The summed E-state index contributed by atoms with van der Waals surface area (Å²) in [7, 11) is 1.40. The number of hydrogen-bond acceptors (Lipinski definition) is 2. The molecule has 0 saturated carbocycles. The summed E-state index contributed by atoms with van der Waals surface area (Å²) < 4.78 is 31.4. The van der Waals surface area contributed by atoms with Crippen molar-refractivity contribution in [1.29, 1.82) is 0 Å². The predicted octanol–water partition coefficient (Wildman–Crippen LogP) is 3.87. The van der Waals surface area contributed by atoms with Crippen molar-refractivity contribution in [3.05, 3.63) is 64.2 Å². The maximum absolute atomic E-state index is 13.6. The Balaban J connectivity index is 2.19. The van der Waals surface area contributed by atoms with E-state index in [9.17, 15) is 8.78 Å². The lowest BCUT2D eigenvalue weighted by Gasteiger charge is -2.14. The van der Waals surface area contributed by atoms with Crippen molar-refractivity contribution < 1.29 is 13.5 Å². The summed E-state index contributed by atoms with van der Waals surface area (Å²) in [5.41, 5.74) is 7.38. The largest absolute Gasteiger partial charge is 0.494 e. The molecular weight excluding hydrogens is 284 g/mol. The Labute approximate surface area is 121 Å². The Morgan fingerprint density at radius 1 is 1.20 bits per heavy atom. The molecule has 0 radical (unpaired) electrons. The zero-order valence-corrected chi connectivity index (χ0v) is 11.6. The van der Waals surface area contributed by atoms with Crippen LogP contribution in [0.4, 0.5) is 8.78 Å². The first kappa shape index (κ1) is 14.8. The van der Waals surface area contributed by atoms with Crippen molar-refractivity contribution in [2.45, 2.75) is 12.5 Å². The molecule has 0 spiro atoms. The van der Waals surface area contributed by atoms with Gasteiger partial charge in [0.1, 0.15) is 5.82 Å². The van der Waals surface area contributed by atoms with Gasteiger partial charge in [0.2, 0.25) is 0 Å². The number of halogens is 3. The van der Waals surface area contributed by atoms with Crippen LogP contribution in [0.25, 0.3) is 0 Å². The van der Waals surface area contributed by atoms with Gasteiger partial charge in [-0.1, -0.05) is 23.7 Å². The van der Waals surface area contributed by atoms with E-state index in [-0.39, 0.29) is 5.75 Å². The van der Waals surface area contributed by atoms with E-state index in [1.807, 2.05) is 0 Å². The smallest absolute Gasteiger partial charge is 0.165 e. The van der Waals surface area contributed by atoms with Crippen LogP contribution in [-0.4, -0.2) is 7.11 Å². The van der Waals surface area contributed by atoms with Gasteiger partial charge in [-0.3, -0.25) is 0 Å². The van der Waals surface area contributed by atoms with E-state index >= 15 is 0 Å². The van der Waals surface area contributed by atoms with Gasteiger partial charge in [0, 0.05) is 11.1 Å². The number of benzene rings is 2. The van der Waals surface area contributed by atoms with Crippen molar-refractivity contribution in [2.24, 2.45) is 5.73 Å². The van der Waals surface area contributed by atoms with Crippen LogP contribution >= 0.6 is 11.6 Å². The van der Waals surface area contributed by atoms with Gasteiger partial charge in [-0.05, 0) is 41.8 Å². The fourth-order valence-corrected chi connectivity index (χ4v) is 2.20. The van der Waals surface area contributed by atoms with E-state index < -0.39 is 17.7 Å². The molecule has 0 fully saturated rings. The van der Waals surface area contributed by atoms with Crippen molar-refractivity contribution in [1.82, 2.24) is 0 Å². The van der Waals surface area contributed by atoms with Crippen LogP contribution in [0.15, 0.2) is 36.4 Å². The molecule has 2 N–H and O–H groups in total. The minimum Gasteiger partial charge on any atom is -0.494 e. The number of ether oxygens (including phenoxy) is 1. The fraction of sp³-hybridized carbons (Fsp3) is 0.200. The average molecular weight is 298 g/mol. The highest BCUT2D eigenvalue weighted by molar-refractivity contribution is 6.31. The van der Waals surface area contributed by atoms with Gasteiger partial charge in [0.15, 0.2) is 11.6 Å². The molecule has 0 amide bonds. The molecule has 0 bridgehead atoms. The molecule has 2 aromatic carbocycles. The van der Waals surface area contributed by atoms with Crippen molar-refractivity contribution in [2.75, 3.05) is 7.11 Å². The van der Waals surface area contributed by atoms with Crippen LogP contribution < -0.4 is 10.5 Å². The lowest BCUT2D eigenvalue weighted by atomic mass is 9.99. The van der Waals surface area contributed by atoms with E-state index in [0.29, 0.717) is 17.0 Å². The SMILES string of the molecule is COc1ccc(C(N)Cc2ccc(F)cc2Cl)cc1F. The summed E-state index contributed by atoms with van der Waals surface area (Å²) in [5.74, 6) is -0.700. The van der Waals surface area contributed by atoms with Crippen LogP contribution in [-0.2, 0) is 6.42 Å². The van der Waals surface area contributed by atoms with E-state index in [4.69, 9.17) is 22.1 Å². The minimum absolute atomic E-state index is 0.167. The number of rotatable bonds is 4. The third-order valence-corrected chi connectivity index (χ3v) is 3.41. The molecule has 5 heteroatoms. The summed E-state index contributed by atoms with van der Waals surface area (Å²) in [6.45, 7) is 0. The minimum atomic E-state index is -0.467. The average Bonchev–Trinajstić information content (AvgIpc) is 2.41. The van der Waals surface area contributed by atoms with Gasteiger partial charge in [-0.25, -0.2) is 8.78 Å². The van der Waals surface area contributed by atoms with Crippen molar-refractivity contribution in [3.8, 4) is 5.75 Å². The topological polar surface area (TPSA) is 35.2 Å². The summed E-state index contributed by atoms with van der Waals surface area (Å²) >= 11 is 5.95. The molecule has 0 aromatic heterocycles. The quantitative estimate of drug-likeness (QED) is 0.930. The lowest BCUT2D eigenvalue weighted by molar-refractivity contribution is 0.386. The molecule has 1 unspecified atom stereocenters. The molecule has 0 saturated heterocycles. The van der Waals surface area contributed by atoms with Crippen molar-refractivity contribution in [3.63, 3.8) is 0 Å². The Morgan fingerprint density at radius 2 is 1.95 bits per heavy atom. The second-order valence-electron chi connectivity index (χ2n) is 4.44. The normalized spacial score (nSPS) is 12.2. The second-order valence-corrected chi connectivity index (χ2v) is 4.85. The molecule has 0 aliphatic heterocycles. The molecule has 2 aromatic rings. The van der Waals surface area contributed by atoms with Crippen molar-refractivity contribution >= 4 is 11.6 Å². The van der Waals surface area contributed by atoms with Crippen LogP contribution in [0.3, 0.4) is 0 Å². The third-order valence-electron chi connectivity index (χ3n) is 3.06. The lowest BCUT2D eigenvalue weighted by Crippen LogP contribution is -2.14. The Kier molecular flexibility index (Phi) is 4.57. The standard InChI is InChI=1S/C15H14ClF2NO/c1-20-15-5-3-10(6-13(15)18)14(19)7-9-2-4-11(17)8-12(9)16/h2-6,8,14H,7,19H2,1H3. The van der Waals surface area contributed by atoms with E-state index in [2.05, 4.69) is 0 Å². The Morgan fingerprint density at radius 3 is 2.55 bits per heavy atom. The van der Waals surface area contributed by atoms with E-state index in [1.54, 1.807) is 12.1 Å². The molecule has 2 nitrogen and oxygen atoms in total. The summed E-state index contributed by atoms with van der Waals surface area (Å²) in [4.78, 5) is 0. The molecule has 106 valence electrons. The van der Waals surface area contributed by atoms with Gasteiger partial charge in [0.05, 0.1) is 7.11 Å². The maximum Gasteiger partial charge on any atom is 0.165 e. The molecule has 1 atom stereocenters. The van der Waals surface area contributed by atoms with Crippen LogP contribution in [0.5, 0.6) is 5.75 Å². The molecule has 20 heavy (non-hydrogen) atoms. The molecule has 0 heterocycles. The number of methoxy groups -OCH3 is 1. The van der Waals surface area contributed by atoms with Crippen LogP contribution in [0, 0.1) is 11.6 Å². The number of hydrogen-bond donors (Lipinski definition) is 1. The molecular formula is C15H14ClF2NO. The predicted molar refractivity (Wildman–Crippen MR) is 75.0 cm³/mol. The molecule has 2 rings (SSSR count). The number of nitrogens with two attached hydrogens (primary N) is 1. The highest BCUT2D eigenvalue weighted by atomic mass is 35.5. The summed E-state index contributed by atoms with van der Waals surface area (Å²) in [6, 6.07) is 8.26. The zero-order valence-electron chi connectivity index (χ0n) is 10.9. The van der Waals surface area contributed by atoms with Gasteiger partial charge >= 0.3 is 0 Å². The first-order chi connectivity index (χ1) is 9.51. The van der Waals surface area contributed by atoms with Crippen LogP contribution in [0.1, 0.15) is 17.2 Å². The highest BCUT2D eigenvalue weighted by Gasteiger charge is 2.12. The van der Waals surface area contributed by atoms with Gasteiger partial charge in [-0.2, -0.15) is 0 Å². The maximum atomic E-state index is 13.6. The first-order valence-electron chi connectivity index (χ1n) is 6.04. The van der Waals surface area contributed by atoms with Crippen LogP contribution in [0.2, 0.25) is 5.02 Å². The van der Waals surface area contributed by atoms with Gasteiger partial charge < -0.3 is 10.5 Å². The van der Waals surface area contributed by atoms with E-state index in [0.717, 1.165) is 5.56 Å². The molecule has 0 aliphatic carbocycles. The third kappa shape index (κ3) is 3.26. The van der Waals surface area contributed by atoms with E-state index in [1.165, 1.54) is 31.4 Å².